The fourth-order valence-electron chi connectivity index (χ4n) is 1.95. The first-order valence-corrected chi connectivity index (χ1v) is 6.68. The van der Waals surface area contributed by atoms with E-state index in [4.69, 9.17) is 15.6 Å². The number of carbonyl (C=O) groups is 2. The second-order valence-electron chi connectivity index (χ2n) is 4.50. The maximum absolute atomic E-state index is 11.3. The molecule has 0 saturated carbocycles. The third kappa shape index (κ3) is 5.38. The monoisotopic (exact) mass is 301 g/mol. The predicted octanol–water partition coefficient (Wildman–Crippen LogP) is 2.10. The highest BCUT2D eigenvalue weighted by atomic mass is 16.5. The lowest BCUT2D eigenvalue weighted by atomic mass is 10.0. The first-order chi connectivity index (χ1) is 10.6. The Kier molecular flexibility index (Phi) is 7.36. The van der Waals surface area contributed by atoms with Crippen LogP contribution in [0.5, 0.6) is 0 Å². The van der Waals surface area contributed by atoms with E-state index in [9.17, 15) is 4.79 Å². The van der Waals surface area contributed by atoms with Gasteiger partial charge in [0.1, 0.15) is 6.04 Å². The lowest BCUT2D eigenvalue weighted by Gasteiger charge is -2.09. The summed E-state index contributed by atoms with van der Waals surface area (Å²) in [6, 6.07) is 17.6. The van der Waals surface area contributed by atoms with Gasteiger partial charge >= 0.3 is 5.97 Å². The molecule has 2 aromatic rings. The van der Waals surface area contributed by atoms with E-state index < -0.39 is 6.04 Å². The number of hydrogen-bond acceptors (Lipinski definition) is 4. The highest BCUT2D eigenvalue weighted by molar-refractivity contribution is 5.75. The van der Waals surface area contributed by atoms with Crippen LogP contribution in [-0.2, 0) is 20.7 Å². The SMILES string of the molecule is COC(=O)C(N)Cc1ccc(-c2ccccc2)cc1.O=CO. The fraction of sp³-hybridized carbons (Fsp3) is 0.176. The van der Waals surface area contributed by atoms with E-state index in [1.54, 1.807) is 0 Å². The molecule has 5 nitrogen and oxygen atoms in total. The van der Waals surface area contributed by atoms with E-state index in [0.717, 1.165) is 11.1 Å². The summed E-state index contributed by atoms with van der Waals surface area (Å²) in [4.78, 5) is 19.6. The standard InChI is InChI=1S/C16H17NO2.CH2O2/c1-19-16(18)15(17)11-12-7-9-14(10-8-12)13-5-3-2-4-6-13;2-1-3/h2-10,15H,11,17H2,1H3;1H,(H,2,3). The van der Waals surface area contributed by atoms with Crippen LogP contribution >= 0.6 is 0 Å². The van der Waals surface area contributed by atoms with Gasteiger partial charge in [-0.1, -0.05) is 54.6 Å². The molecule has 0 bridgehead atoms. The Morgan fingerprint density at radius 1 is 1.14 bits per heavy atom. The van der Waals surface area contributed by atoms with Crippen LogP contribution < -0.4 is 5.73 Å². The van der Waals surface area contributed by atoms with Gasteiger partial charge in [0.2, 0.25) is 0 Å². The van der Waals surface area contributed by atoms with Crippen molar-refractivity contribution in [2.45, 2.75) is 12.5 Å². The average molecular weight is 301 g/mol. The van der Waals surface area contributed by atoms with Crippen LogP contribution in [0.15, 0.2) is 54.6 Å². The van der Waals surface area contributed by atoms with Crippen molar-refractivity contribution in [2.24, 2.45) is 5.73 Å². The first-order valence-electron chi connectivity index (χ1n) is 6.68. The number of benzene rings is 2. The number of ether oxygens (including phenoxy) is 1. The van der Waals surface area contributed by atoms with Gasteiger partial charge in [0.15, 0.2) is 0 Å². The molecule has 1 unspecified atom stereocenters. The molecule has 0 amide bonds. The van der Waals surface area contributed by atoms with Crippen molar-refractivity contribution in [3.63, 3.8) is 0 Å². The lowest BCUT2D eigenvalue weighted by molar-refractivity contribution is -0.142. The molecule has 0 spiro atoms. The number of nitrogens with two attached hydrogens (primary N) is 1. The third-order valence-electron chi connectivity index (χ3n) is 3.02. The second-order valence-corrected chi connectivity index (χ2v) is 4.50. The summed E-state index contributed by atoms with van der Waals surface area (Å²) in [5, 5.41) is 6.89. The van der Waals surface area contributed by atoms with E-state index in [1.165, 1.54) is 12.7 Å². The number of esters is 1. The number of carbonyl (C=O) groups excluding carboxylic acids is 1. The molecular weight excluding hydrogens is 282 g/mol. The minimum atomic E-state index is -0.604. The number of hydrogen-bond donors (Lipinski definition) is 2. The highest BCUT2D eigenvalue weighted by Gasteiger charge is 2.13. The van der Waals surface area contributed by atoms with Crippen molar-refractivity contribution in [2.75, 3.05) is 7.11 Å². The fourth-order valence-corrected chi connectivity index (χ4v) is 1.95. The van der Waals surface area contributed by atoms with Crippen molar-refractivity contribution in [3.8, 4) is 11.1 Å². The Labute approximate surface area is 129 Å². The number of rotatable bonds is 4. The van der Waals surface area contributed by atoms with Gasteiger partial charge in [-0.15, -0.1) is 0 Å². The minimum Gasteiger partial charge on any atom is -0.483 e. The molecule has 0 aliphatic carbocycles. The summed E-state index contributed by atoms with van der Waals surface area (Å²) in [7, 11) is 1.35. The van der Waals surface area contributed by atoms with Gasteiger partial charge in [-0.3, -0.25) is 9.59 Å². The van der Waals surface area contributed by atoms with Gasteiger partial charge < -0.3 is 15.6 Å². The molecule has 2 aromatic carbocycles. The maximum atomic E-state index is 11.3. The molecule has 0 aromatic heterocycles. The van der Waals surface area contributed by atoms with Crippen molar-refractivity contribution in [3.05, 3.63) is 60.2 Å². The van der Waals surface area contributed by atoms with E-state index in [-0.39, 0.29) is 12.4 Å². The summed E-state index contributed by atoms with van der Waals surface area (Å²) < 4.78 is 4.61. The van der Waals surface area contributed by atoms with Gasteiger partial charge in [0, 0.05) is 0 Å². The van der Waals surface area contributed by atoms with Gasteiger partial charge in [-0.25, -0.2) is 0 Å². The molecular formula is C17H19NO4. The maximum Gasteiger partial charge on any atom is 0.322 e. The van der Waals surface area contributed by atoms with E-state index in [1.807, 2.05) is 42.5 Å². The Morgan fingerprint density at radius 3 is 2.14 bits per heavy atom. The van der Waals surface area contributed by atoms with Crippen molar-refractivity contribution < 1.29 is 19.4 Å². The zero-order chi connectivity index (χ0) is 16.4. The first kappa shape index (κ1) is 17.4. The summed E-state index contributed by atoms with van der Waals surface area (Å²) in [5.74, 6) is -0.382. The van der Waals surface area contributed by atoms with E-state index in [0.29, 0.717) is 6.42 Å². The quantitative estimate of drug-likeness (QED) is 0.666. The molecule has 0 fully saturated rings. The topological polar surface area (TPSA) is 89.6 Å². The Balaban J connectivity index is 0.000000745. The molecule has 0 aliphatic rings. The largest absolute Gasteiger partial charge is 0.483 e. The molecule has 2 rings (SSSR count). The zero-order valence-corrected chi connectivity index (χ0v) is 12.3. The molecule has 5 heteroatoms. The van der Waals surface area contributed by atoms with E-state index >= 15 is 0 Å². The molecule has 22 heavy (non-hydrogen) atoms. The van der Waals surface area contributed by atoms with Gasteiger partial charge in [-0.2, -0.15) is 0 Å². The summed E-state index contributed by atoms with van der Waals surface area (Å²) in [5.41, 5.74) is 9.08. The van der Waals surface area contributed by atoms with Gasteiger partial charge in [0.25, 0.3) is 6.47 Å². The predicted molar refractivity (Wildman–Crippen MR) is 84.3 cm³/mol. The summed E-state index contributed by atoms with van der Waals surface area (Å²) in [6.45, 7) is -0.250. The molecule has 3 N–H and O–H groups in total. The lowest BCUT2D eigenvalue weighted by Crippen LogP contribution is -2.33. The Hall–Kier alpha value is -2.66. The van der Waals surface area contributed by atoms with E-state index in [2.05, 4.69) is 16.9 Å². The Morgan fingerprint density at radius 2 is 1.64 bits per heavy atom. The summed E-state index contributed by atoms with van der Waals surface area (Å²) >= 11 is 0. The van der Waals surface area contributed by atoms with Crippen molar-refractivity contribution >= 4 is 12.4 Å². The van der Waals surface area contributed by atoms with Crippen LogP contribution in [0, 0.1) is 0 Å². The third-order valence-corrected chi connectivity index (χ3v) is 3.02. The van der Waals surface area contributed by atoms with Crippen LogP contribution in [0.2, 0.25) is 0 Å². The molecule has 0 saturated heterocycles. The average Bonchev–Trinajstić information content (AvgIpc) is 2.56. The number of methoxy groups -OCH3 is 1. The zero-order valence-electron chi connectivity index (χ0n) is 12.3. The van der Waals surface area contributed by atoms with Crippen LogP contribution in [-0.4, -0.2) is 30.7 Å². The minimum absolute atomic E-state index is 0.250. The molecule has 0 heterocycles. The van der Waals surface area contributed by atoms with Crippen molar-refractivity contribution in [1.29, 1.82) is 0 Å². The van der Waals surface area contributed by atoms with Crippen LogP contribution in [0.4, 0.5) is 0 Å². The number of carboxylic acid groups (broad SMARTS) is 1. The van der Waals surface area contributed by atoms with Crippen molar-refractivity contribution in [1.82, 2.24) is 0 Å². The van der Waals surface area contributed by atoms with Crippen LogP contribution in [0.1, 0.15) is 5.56 Å². The second kappa shape index (κ2) is 9.31. The Bertz CT molecular complexity index is 581. The van der Waals surface area contributed by atoms with Gasteiger partial charge in [-0.05, 0) is 23.1 Å². The normalized spacial score (nSPS) is 10.8. The van der Waals surface area contributed by atoms with Crippen LogP contribution in [0.3, 0.4) is 0 Å². The van der Waals surface area contributed by atoms with Crippen LogP contribution in [0.25, 0.3) is 11.1 Å². The smallest absolute Gasteiger partial charge is 0.322 e. The molecule has 116 valence electrons. The van der Waals surface area contributed by atoms with Gasteiger partial charge in [0.05, 0.1) is 7.11 Å². The highest BCUT2D eigenvalue weighted by Crippen LogP contribution is 2.19. The molecule has 1 atom stereocenters. The molecule has 0 radical (unpaired) electrons. The summed E-state index contributed by atoms with van der Waals surface area (Å²) in [6.07, 6.45) is 0.488. The molecule has 0 aliphatic heterocycles.